The first-order chi connectivity index (χ1) is 17.8. The van der Waals surface area contributed by atoms with Gasteiger partial charge in [-0.1, -0.05) is 22.0 Å². The Morgan fingerprint density at radius 3 is 2.86 bits per heavy atom. The lowest BCUT2D eigenvalue weighted by Crippen LogP contribution is -2.39. The van der Waals surface area contributed by atoms with E-state index in [4.69, 9.17) is 14.8 Å². The Bertz CT molecular complexity index is 1210. The molecule has 2 aromatic rings. The summed E-state index contributed by atoms with van der Waals surface area (Å²) in [5, 5.41) is 14.5. The third-order valence-electron chi connectivity index (χ3n) is 5.89. The number of hydrogen-bond donors (Lipinski definition) is 2. The number of carbonyl (C=O) groups is 2. The van der Waals surface area contributed by atoms with Crippen LogP contribution in [0.1, 0.15) is 23.5 Å². The Kier molecular flexibility index (Phi) is 9.32. The molecule has 13 heteroatoms. The van der Waals surface area contributed by atoms with Gasteiger partial charge in [-0.05, 0) is 24.6 Å². The van der Waals surface area contributed by atoms with Crippen LogP contribution >= 0.6 is 39.0 Å². The molecular formula is C24H25BrF2N4O4S2. The van der Waals surface area contributed by atoms with Gasteiger partial charge in [0.15, 0.2) is 10.8 Å². The van der Waals surface area contributed by atoms with Crippen molar-refractivity contribution in [2.24, 2.45) is 10.9 Å². The van der Waals surface area contributed by atoms with Crippen molar-refractivity contribution >= 4 is 56.8 Å². The molecule has 2 aliphatic heterocycles. The van der Waals surface area contributed by atoms with Gasteiger partial charge in [0.2, 0.25) is 0 Å². The minimum atomic E-state index is -1.12. The van der Waals surface area contributed by atoms with Crippen molar-refractivity contribution in [1.29, 1.82) is 0 Å². The number of carbonyl (C=O) groups excluding carboxylic acids is 1. The molecule has 3 heterocycles. The van der Waals surface area contributed by atoms with E-state index >= 15 is 0 Å². The van der Waals surface area contributed by atoms with Gasteiger partial charge in [0.1, 0.15) is 18.0 Å². The lowest BCUT2D eigenvalue weighted by molar-refractivity contribution is -0.139. The van der Waals surface area contributed by atoms with E-state index in [9.17, 15) is 18.4 Å². The van der Waals surface area contributed by atoms with Crippen LogP contribution in [0.5, 0.6) is 0 Å². The molecule has 1 aromatic carbocycles. The molecule has 3 unspecified atom stereocenters. The van der Waals surface area contributed by atoms with Crippen LogP contribution in [0.3, 0.4) is 0 Å². The third kappa shape index (κ3) is 6.75. The quantitative estimate of drug-likeness (QED) is 0.387. The number of carboxylic acid groups (broad SMARTS) is 1. The average Bonchev–Trinajstić information content (AvgIpc) is 3.49. The Morgan fingerprint density at radius 1 is 1.38 bits per heavy atom. The van der Waals surface area contributed by atoms with E-state index in [1.807, 2.05) is 4.90 Å². The van der Waals surface area contributed by atoms with E-state index in [0.29, 0.717) is 38.9 Å². The van der Waals surface area contributed by atoms with Crippen molar-refractivity contribution in [1.82, 2.24) is 15.2 Å². The van der Waals surface area contributed by atoms with Crippen molar-refractivity contribution in [2.75, 3.05) is 37.7 Å². The molecule has 0 amide bonds. The van der Waals surface area contributed by atoms with Gasteiger partial charge in [0.05, 0.1) is 17.9 Å². The molecule has 0 aliphatic carbocycles. The van der Waals surface area contributed by atoms with Gasteiger partial charge >= 0.3 is 11.9 Å². The van der Waals surface area contributed by atoms with E-state index in [0.717, 1.165) is 0 Å². The van der Waals surface area contributed by atoms with Crippen molar-refractivity contribution < 1.29 is 28.2 Å². The number of aliphatic imine (C=N–C) groups is 1. The molecule has 2 N–H and O–H groups in total. The second kappa shape index (κ2) is 12.5. The SMILES string of the molecule is CCOC(=O)C1=C(CN2CC(F)C(CSCC(=O)O)C2)NC(c2nccs2)=NC1c1ccc(F)cc1Br. The highest BCUT2D eigenvalue weighted by Gasteiger charge is 2.38. The molecule has 0 saturated carbocycles. The number of aliphatic carboxylic acids is 1. The molecule has 1 aromatic heterocycles. The van der Waals surface area contributed by atoms with Crippen molar-refractivity contribution in [3.8, 4) is 0 Å². The number of benzene rings is 1. The Labute approximate surface area is 229 Å². The second-order valence-corrected chi connectivity index (χ2v) is 11.3. The molecule has 37 heavy (non-hydrogen) atoms. The maximum Gasteiger partial charge on any atom is 0.338 e. The number of carboxylic acids is 1. The van der Waals surface area contributed by atoms with Crippen LogP contribution in [-0.2, 0) is 14.3 Å². The summed E-state index contributed by atoms with van der Waals surface area (Å²) in [6.07, 6.45) is 0.524. The summed E-state index contributed by atoms with van der Waals surface area (Å²) in [4.78, 5) is 35.1. The Hall–Kier alpha value is -2.35. The number of aromatic nitrogens is 1. The van der Waals surface area contributed by atoms with Crippen molar-refractivity contribution in [3.05, 3.63) is 61.9 Å². The molecule has 1 saturated heterocycles. The van der Waals surface area contributed by atoms with E-state index in [1.165, 1.54) is 35.2 Å². The molecule has 3 atom stereocenters. The first kappa shape index (κ1) is 27.7. The first-order valence-corrected chi connectivity index (χ1v) is 14.3. The largest absolute Gasteiger partial charge is 0.481 e. The summed E-state index contributed by atoms with van der Waals surface area (Å²) in [6, 6.07) is 3.37. The fraction of sp³-hybridized carbons (Fsp3) is 0.417. The number of esters is 1. The molecule has 0 radical (unpaired) electrons. The van der Waals surface area contributed by atoms with Gasteiger partial charge in [-0.15, -0.1) is 23.1 Å². The number of ether oxygens (including phenoxy) is 1. The maximum absolute atomic E-state index is 14.8. The van der Waals surface area contributed by atoms with Crippen LogP contribution < -0.4 is 5.32 Å². The summed E-state index contributed by atoms with van der Waals surface area (Å²) < 4.78 is 34.5. The van der Waals surface area contributed by atoms with Gasteiger partial charge in [0, 0.05) is 53.1 Å². The van der Waals surface area contributed by atoms with Crippen LogP contribution in [0.4, 0.5) is 8.78 Å². The van der Waals surface area contributed by atoms with E-state index in [2.05, 4.69) is 26.2 Å². The third-order valence-corrected chi connectivity index (χ3v) is 8.47. The number of hydrogen-bond acceptors (Lipinski definition) is 9. The van der Waals surface area contributed by atoms with Gasteiger partial charge in [-0.3, -0.25) is 14.7 Å². The minimum absolute atomic E-state index is 0.0786. The molecular weight excluding hydrogens is 590 g/mol. The number of thioether (sulfide) groups is 1. The highest BCUT2D eigenvalue weighted by molar-refractivity contribution is 9.10. The number of nitrogens with one attached hydrogen (secondary N) is 1. The topological polar surface area (TPSA) is 104 Å². The van der Waals surface area contributed by atoms with Crippen LogP contribution in [0.25, 0.3) is 0 Å². The standard InChI is InChI=1S/C24H25BrF2N4O4S2/c1-2-35-24(34)20-18(10-31-8-13(17(27)9-31)11-36-12-19(32)33)29-22(23-28-5-6-37-23)30-21(20)15-4-3-14(26)7-16(15)25/h3-7,13,17,21H,2,8-12H2,1H3,(H,29,30)(H,32,33). The van der Waals surface area contributed by atoms with Crippen molar-refractivity contribution in [3.63, 3.8) is 0 Å². The smallest absolute Gasteiger partial charge is 0.338 e. The monoisotopic (exact) mass is 614 g/mol. The molecule has 1 fully saturated rings. The lowest BCUT2D eigenvalue weighted by atomic mass is 9.95. The number of alkyl halides is 1. The number of thiazole rings is 1. The summed E-state index contributed by atoms with van der Waals surface area (Å²) in [5.74, 6) is -1.51. The predicted molar refractivity (Wildman–Crippen MR) is 142 cm³/mol. The molecule has 0 spiro atoms. The summed E-state index contributed by atoms with van der Waals surface area (Å²) >= 11 is 5.97. The van der Waals surface area contributed by atoms with E-state index < -0.39 is 30.0 Å². The zero-order chi connectivity index (χ0) is 26.5. The van der Waals surface area contributed by atoms with E-state index in [-0.39, 0.29) is 36.9 Å². The summed E-state index contributed by atoms with van der Waals surface area (Å²) in [6.45, 7) is 2.62. The van der Waals surface area contributed by atoms with Gasteiger partial charge in [-0.2, -0.15) is 0 Å². The Morgan fingerprint density at radius 2 is 2.19 bits per heavy atom. The highest BCUT2D eigenvalue weighted by atomic mass is 79.9. The molecule has 198 valence electrons. The molecule has 4 rings (SSSR count). The van der Waals surface area contributed by atoms with Crippen LogP contribution in [0.15, 0.2) is 50.5 Å². The number of rotatable bonds is 10. The minimum Gasteiger partial charge on any atom is -0.481 e. The van der Waals surface area contributed by atoms with Gasteiger partial charge in [-0.25, -0.2) is 18.6 Å². The summed E-state index contributed by atoms with van der Waals surface area (Å²) in [7, 11) is 0. The van der Waals surface area contributed by atoms with Crippen molar-refractivity contribution in [2.45, 2.75) is 19.1 Å². The molecule has 8 nitrogen and oxygen atoms in total. The molecule has 2 aliphatic rings. The van der Waals surface area contributed by atoms with Crippen LogP contribution in [0, 0.1) is 11.7 Å². The lowest BCUT2D eigenvalue weighted by Gasteiger charge is -2.29. The van der Waals surface area contributed by atoms with Gasteiger partial charge in [0.25, 0.3) is 0 Å². The Balaban J connectivity index is 1.68. The highest BCUT2D eigenvalue weighted by Crippen LogP contribution is 2.37. The van der Waals surface area contributed by atoms with Crippen LogP contribution in [0.2, 0.25) is 0 Å². The molecule has 0 bridgehead atoms. The number of nitrogens with zero attached hydrogens (tertiary/aromatic N) is 3. The zero-order valence-electron chi connectivity index (χ0n) is 19.8. The number of likely N-dealkylation sites (tertiary alicyclic amines) is 1. The normalized spacial score (nSPS) is 22.1. The zero-order valence-corrected chi connectivity index (χ0v) is 23.0. The fourth-order valence-corrected chi connectivity index (χ4v) is 6.36. The van der Waals surface area contributed by atoms with Gasteiger partial charge < -0.3 is 15.2 Å². The predicted octanol–water partition coefficient (Wildman–Crippen LogP) is 4.04. The van der Waals surface area contributed by atoms with E-state index in [1.54, 1.807) is 24.6 Å². The first-order valence-electron chi connectivity index (χ1n) is 11.5. The second-order valence-electron chi connectivity index (χ2n) is 8.50. The maximum atomic E-state index is 14.8. The number of amidine groups is 1. The van der Waals surface area contributed by atoms with Crippen LogP contribution in [-0.4, -0.2) is 76.7 Å². The average molecular weight is 616 g/mol. The fourth-order valence-electron chi connectivity index (χ4n) is 4.29. The number of halogens is 3. The summed E-state index contributed by atoms with van der Waals surface area (Å²) in [5.41, 5.74) is 1.34.